The number of benzene rings is 1. The van der Waals surface area contributed by atoms with Gasteiger partial charge in [0.05, 0.1) is 19.1 Å². The van der Waals surface area contributed by atoms with E-state index in [0.29, 0.717) is 12.2 Å². The minimum atomic E-state index is -2.44. The Morgan fingerprint density at radius 2 is 2.17 bits per heavy atom. The molecule has 1 aliphatic heterocycles. The van der Waals surface area contributed by atoms with E-state index < -0.39 is 38.7 Å². The van der Waals surface area contributed by atoms with Crippen LogP contribution in [0, 0.1) is 5.92 Å². The van der Waals surface area contributed by atoms with Crippen molar-refractivity contribution in [3.63, 3.8) is 0 Å². The highest BCUT2D eigenvalue weighted by atomic mass is 31.1. The summed E-state index contributed by atoms with van der Waals surface area (Å²) in [5.41, 5.74) is 5.48. The molecule has 0 spiro atoms. The summed E-state index contributed by atoms with van der Waals surface area (Å²) in [5.74, 6) is -0.143. The van der Waals surface area contributed by atoms with E-state index in [9.17, 15) is 13.8 Å². The van der Waals surface area contributed by atoms with Crippen LogP contribution in [0.15, 0.2) is 41.5 Å². The zero-order chi connectivity index (χ0) is 20.4. The normalized spacial score (nSPS) is 22.1. The Morgan fingerprint density at radius 3 is 2.93 bits per heavy atom. The van der Waals surface area contributed by atoms with Gasteiger partial charge in [-0.05, 0) is 12.1 Å². The summed E-state index contributed by atoms with van der Waals surface area (Å²) in [6.07, 6.45) is 0.436. The van der Waals surface area contributed by atoms with Gasteiger partial charge in [-0.3, -0.25) is 18.7 Å². The third-order valence-electron chi connectivity index (χ3n) is 4.59. The Morgan fingerprint density at radius 1 is 1.38 bits per heavy atom. The van der Waals surface area contributed by atoms with E-state index in [1.165, 1.54) is 10.9 Å². The van der Waals surface area contributed by atoms with Crippen molar-refractivity contribution in [1.82, 2.24) is 19.5 Å². The average Bonchev–Trinajstić information content (AvgIpc) is 3.31. The lowest BCUT2D eigenvalue weighted by Gasteiger charge is -2.14. The number of nitrogens with one attached hydrogen (secondary N) is 1. The number of nitrogens with zero attached hydrogens (tertiary/aromatic N) is 3. The van der Waals surface area contributed by atoms with Gasteiger partial charge in [0.15, 0.2) is 16.9 Å². The lowest BCUT2D eigenvalue weighted by atomic mass is 10.0. The van der Waals surface area contributed by atoms with E-state index in [2.05, 4.69) is 15.0 Å². The maximum Gasteiger partial charge on any atom is 0.750 e. The van der Waals surface area contributed by atoms with Crippen molar-refractivity contribution in [3.05, 3.63) is 47.0 Å². The fraction of sp³-hybridized carbons (Fsp3) is 0.353. The van der Waals surface area contributed by atoms with Crippen molar-refractivity contribution in [2.75, 3.05) is 19.0 Å². The Kier molecular flexibility index (Phi) is 5.52. The summed E-state index contributed by atoms with van der Waals surface area (Å²) in [7, 11) is -2.44. The number of H-pyrrole nitrogens is 1. The Balaban J connectivity index is 1.44. The SMILES string of the molecule is Nc1nc2c(ncn2[C@H]2C[C@H](CF)[C@@H](CO[P+](=O)Oc3ccccc3)O2)c(=O)[nH]1. The van der Waals surface area contributed by atoms with Crippen LogP contribution in [0.2, 0.25) is 0 Å². The molecular weight excluding hydrogens is 404 g/mol. The molecular formula is C17H18FN5O5P+. The van der Waals surface area contributed by atoms with Crippen LogP contribution in [0.5, 0.6) is 5.75 Å². The van der Waals surface area contributed by atoms with Crippen molar-refractivity contribution >= 4 is 25.4 Å². The molecule has 4 atom stereocenters. The fourth-order valence-electron chi connectivity index (χ4n) is 3.18. The van der Waals surface area contributed by atoms with Crippen LogP contribution in [-0.2, 0) is 13.8 Å². The molecule has 29 heavy (non-hydrogen) atoms. The molecule has 10 nitrogen and oxygen atoms in total. The number of hydrogen-bond acceptors (Lipinski definition) is 8. The van der Waals surface area contributed by atoms with Crippen LogP contribution in [-0.4, -0.2) is 38.9 Å². The first-order valence-electron chi connectivity index (χ1n) is 8.82. The van der Waals surface area contributed by atoms with Gasteiger partial charge in [-0.1, -0.05) is 18.2 Å². The summed E-state index contributed by atoms with van der Waals surface area (Å²) in [6.45, 7) is -0.764. The molecule has 3 heterocycles. The number of hydrogen-bond donors (Lipinski definition) is 2. The first-order valence-corrected chi connectivity index (χ1v) is 9.91. The Labute approximate surface area is 164 Å². The smallest absolute Gasteiger partial charge is 0.369 e. The third-order valence-corrected chi connectivity index (χ3v) is 5.31. The number of alkyl halides is 1. The molecule has 152 valence electrons. The molecule has 0 amide bonds. The van der Waals surface area contributed by atoms with Gasteiger partial charge in [-0.15, -0.1) is 4.52 Å². The lowest BCUT2D eigenvalue weighted by molar-refractivity contribution is -0.0258. The zero-order valence-corrected chi connectivity index (χ0v) is 16.0. The van der Waals surface area contributed by atoms with Crippen molar-refractivity contribution < 1.29 is 22.7 Å². The number of imidazole rings is 1. The fourth-order valence-corrected chi connectivity index (χ4v) is 3.79. The minimum absolute atomic E-state index is 0.0563. The predicted molar refractivity (Wildman–Crippen MR) is 101 cm³/mol. The Bertz CT molecular complexity index is 1080. The third kappa shape index (κ3) is 4.12. The highest BCUT2D eigenvalue weighted by molar-refractivity contribution is 7.33. The molecule has 1 fully saturated rings. The molecule has 1 aliphatic rings. The van der Waals surface area contributed by atoms with Gasteiger partial charge in [0, 0.05) is 16.9 Å². The second kappa shape index (κ2) is 8.24. The number of ether oxygens (including phenoxy) is 1. The zero-order valence-electron chi connectivity index (χ0n) is 15.1. The van der Waals surface area contributed by atoms with Crippen LogP contribution in [0.3, 0.4) is 0 Å². The van der Waals surface area contributed by atoms with Gasteiger partial charge >= 0.3 is 8.25 Å². The van der Waals surface area contributed by atoms with Crippen LogP contribution in [0.1, 0.15) is 12.6 Å². The van der Waals surface area contributed by atoms with Crippen molar-refractivity contribution in [3.8, 4) is 5.75 Å². The summed E-state index contributed by atoms with van der Waals surface area (Å²) >= 11 is 0. The van der Waals surface area contributed by atoms with E-state index >= 15 is 0 Å². The standard InChI is InChI=1S/C17H17FN5O5P/c18-7-10-6-13(23-9-20-14-15(23)21-17(19)22-16(14)24)27-12(10)8-26-29(25)28-11-4-2-1-3-5-11/h1-5,9-10,12-13H,6-8H2,(H2-,19,21,22,24)/p+1/t10-,12-,13-/m1/s1. The average molecular weight is 422 g/mol. The lowest BCUT2D eigenvalue weighted by Crippen LogP contribution is -2.23. The van der Waals surface area contributed by atoms with E-state index in [0.717, 1.165) is 0 Å². The first-order chi connectivity index (χ1) is 14.0. The number of para-hydroxylation sites is 1. The molecule has 0 aliphatic carbocycles. The van der Waals surface area contributed by atoms with Gasteiger partial charge in [-0.25, -0.2) is 9.51 Å². The number of rotatable bonds is 7. The molecule has 12 heteroatoms. The van der Waals surface area contributed by atoms with Crippen LogP contribution < -0.4 is 15.8 Å². The molecule has 0 radical (unpaired) electrons. The molecule has 1 aromatic carbocycles. The first kappa shape index (κ1) is 19.4. The minimum Gasteiger partial charge on any atom is -0.369 e. The quantitative estimate of drug-likeness (QED) is 0.554. The van der Waals surface area contributed by atoms with E-state index in [1.807, 2.05) is 0 Å². The van der Waals surface area contributed by atoms with E-state index in [-0.39, 0.29) is 23.7 Å². The highest BCUT2D eigenvalue weighted by Crippen LogP contribution is 2.37. The molecule has 0 bridgehead atoms. The van der Waals surface area contributed by atoms with Crippen LogP contribution in [0.25, 0.3) is 11.2 Å². The van der Waals surface area contributed by atoms with Gasteiger partial charge in [0.25, 0.3) is 5.56 Å². The second-order valence-electron chi connectivity index (χ2n) is 6.48. The summed E-state index contributed by atoms with van der Waals surface area (Å²) in [6, 6.07) is 8.57. The van der Waals surface area contributed by atoms with Gasteiger partial charge in [-0.2, -0.15) is 4.98 Å². The highest BCUT2D eigenvalue weighted by Gasteiger charge is 2.39. The van der Waals surface area contributed by atoms with Crippen LogP contribution >= 0.6 is 8.25 Å². The molecule has 1 saturated heterocycles. The topological polar surface area (TPSA) is 134 Å². The number of halogens is 1. The molecule has 3 aromatic rings. The summed E-state index contributed by atoms with van der Waals surface area (Å²) < 4.78 is 43.4. The van der Waals surface area contributed by atoms with Gasteiger partial charge in [0.2, 0.25) is 5.95 Å². The largest absolute Gasteiger partial charge is 0.750 e. The monoisotopic (exact) mass is 422 g/mol. The van der Waals surface area contributed by atoms with Crippen molar-refractivity contribution in [1.29, 1.82) is 0 Å². The second-order valence-corrected chi connectivity index (χ2v) is 7.37. The maximum atomic E-state index is 13.5. The number of nitrogen functional groups attached to an aromatic ring is 1. The summed E-state index contributed by atoms with van der Waals surface area (Å²) in [4.78, 5) is 22.4. The molecule has 2 aromatic heterocycles. The van der Waals surface area contributed by atoms with Gasteiger partial charge < -0.3 is 10.5 Å². The molecule has 3 N–H and O–H groups in total. The number of anilines is 1. The van der Waals surface area contributed by atoms with Crippen molar-refractivity contribution in [2.45, 2.75) is 18.8 Å². The maximum absolute atomic E-state index is 13.5. The molecule has 1 unspecified atom stereocenters. The van der Waals surface area contributed by atoms with Gasteiger partial charge in [0.1, 0.15) is 12.8 Å². The van der Waals surface area contributed by atoms with E-state index in [4.69, 9.17) is 19.5 Å². The number of fused-ring (bicyclic) bond motifs is 1. The number of aromatic nitrogens is 4. The van der Waals surface area contributed by atoms with Crippen LogP contribution in [0.4, 0.5) is 10.3 Å². The number of aromatic amines is 1. The van der Waals surface area contributed by atoms with Crippen molar-refractivity contribution in [2.24, 2.45) is 5.92 Å². The summed E-state index contributed by atoms with van der Waals surface area (Å²) in [5, 5.41) is 0. The predicted octanol–water partition coefficient (Wildman–Crippen LogP) is 2.33. The number of nitrogens with two attached hydrogens (primary N) is 1. The molecule has 0 saturated carbocycles. The Hall–Kier alpha value is -2.88. The molecule has 4 rings (SSSR count). The van der Waals surface area contributed by atoms with E-state index in [1.54, 1.807) is 30.3 Å².